The highest BCUT2D eigenvalue weighted by Crippen LogP contribution is 2.25. The van der Waals surface area contributed by atoms with Crippen molar-refractivity contribution in [1.82, 2.24) is 20.0 Å². The molecule has 0 saturated carbocycles. The van der Waals surface area contributed by atoms with Crippen LogP contribution in [-0.4, -0.2) is 26.6 Å². The summed E-state index contributed by atoms with van der Waals surface area (Å²) in [5, 5.41) is 15.3. The van der Waals surface area contributed by atoms with Gasteiger partial charge in [0.1, 0.15) is 5.75 Å². The van der Waals surface area contributed by atoms with Gasteiger partial charge < -0.3 is 14.5 Å². The maximum absolute atomic E-state index is 12.3. The molecule has 0 radical (unpaired) electrons. The Balaban J connectivity index is 1.45. The van der Waals surface area contributed by atoms with Gasteiger partial charge in [-0.25, -0.2) is 0 Å². The SMILES string of the molecule is FC(F)Oc1cccc(-c2nnc(NCc3cnn4c3CCC4)o2)c1. The number of nitrogens with zero attached hydrogens (tertiary/aromatic N) is 4. The zero-order valence-corrected chi connectivity index (χ0v) is 13.2. The quantitative estimate of drug-likeness (QED) is 0.738. The minimum atomic E-state index is -2.88. The van der Waals surface area contributed by atoms with Gasteiger partial charge in [-0.2, -0.15) is 13.9 Å². The van der Waals surface area contributed by atoms with Crippen molar-refractivity contribution in [2.24, 2.45) is 0 Å². The van der Waals surface area contributed by atoms with Crippen molar-refractivity contribution in [2.75, 3.05) is 5.32 Å². The van der Waals surface area contributed by atoms with Gasteiger partial charge in [0, 0.05) is 29.9 Å². The Morgan fingerprint density at radius 2 is 2.24 bits per heavy atom. The molecule has 3 heterocycles. The fraction of sp³-hybridized carbons (Fsp3) is 0.312. The molecule has 0 saturated heterocycles. The van der Waals surface area contributed by atoms with Crippen LogP contribution in [0.25, 0.3) is 11.5 Å². The summed E-state index contributed by atoms with van der Waals surface area (Å²) in [6, 6.07) is 6.38. The van der Waals surface area contributed by atoms with Crippen molar-refractivity contribution in [3.8, 4) is 17.2 Å². The molecule has 7 nitrogen and oxygen atoms in total. The zero-order chi connectivity index (χ0) is 17.2. The van der Waals surface area contributed by atoms with Crippen molar-refractivity contribution >= 4 is 6.01 Å². The van der Waals surface area contributed by atoms with Crippen LogP contribution in [0.15, 0.2) is 34.9 Å². The number of hydrogen-bond acceptors (Lipinski definition) is 6. The lowest BCUT2D eigenvalue weighted by atomic mass is 10.2. The lowest BCUT2D eigenvalue weighted by Crippen LogP contribution is -2.01. The van der Waals surface area contributed by atoms with Crippen LogP contribution in [0.2, 0.25) is 0 Å². The van der Waals surface area contributed by atoms with E-state index in [-0.39, 0.29) is 17.7 Å². The number of anilines is 1. The van der Waals surface area contributed by atoms with E-state index < -0.39 is 6.61 Å². The molecule has 0 aliphatic carbocycles. The molecule has 0 spiro atoms. The molecule has 1 aromatic carbocycles. The van der Waals surface area contributed by atoms with Gasteiger partial charge in [-0.15, -0.1) is 5.10 Å². The van der Waals surface area contributed by atoms with Gasteiger partial charge in [0.05, 0.1) is 6.20 Å². The number of halogens is 2. The normalized spacial score (nSPS) is 13.2. The standard InChI is InChI=1S/C16H15F2N5O2/c17-15(18)24-12-4-1-3-10(7-12)14-21-22-16(25-14)19-8-11-9-20-23-6-2-5-13(11)23/h1,3-4,7,9,15H,2,5-6,8H2,(H,19,22). The van der Waals surface area contributed by atoms with Gasteiger partial charge in [0.15, 0.2) is 0 Å². The first-order valence-electron chi connectivity index (χ1n) is 7.85. The molecule has 0 unspecified atom stereocenters. The largest absolute Gasteiger partial charge is 0.435 e. The summed E-state index contributed by atoms with van der Waals surface area (Å²) in [6.07, 6.45) is 3.96. The van der Waals surface area contributed by atoms with Crippen LogP contribution in [-0.2, 0) is 19.5 Å². The molecule has 4 rings (SSSR count). The molecular formula is C16H15F2N5O2. The van der Waals surface area contributed by atoms with Crippen LogP contribution < -0.4 is 10.1 Å². The lowest BCUT2D eigenvalue weighted by molar-refractivity contribution is -0.0498. The molecule has 0 bridgehead atoms. The van der Waals surface area contributed by atoms with E-state index in [9.17, 15) is 8.78 Å². The molecule has 9 heteroatoms. The van der Waals surface area contributed by atoms with Crippen LogP contribution in [0.3, 0.4) is 0 Å². The molecule has 130 valence electrons. The molecule has 0 amide bonds. The summed E-state index contributed by atoms with van der Waals surface area (Å²) in [4.78, 5) is 0. The third-order valence-corrected chi connectivity index (χ3v) is 3.98. The van der Waals surface area contributed by atoms with Crippen molar-refractivity contribution < 1.29 is 17.9 Å². The van der Waals surface area contributed by atoms with Crippen molar-refractivity contribution in [2.45, 2.75) is 32.5 Å². The third kappa shape index (κ3) is 3.30. The fourth-order valence-corrected chi connectivity index (χ4v) is 2.86. The number of benzene rings is 1. The molecular weight excluding hydrogens is 332 g/mol. The molecule has 1 N–H and O–H groups in total. The fourth-order valence-electron chi connectivity index (χ4n) is 2.86. The topological polar surface area (TPSA) is 78.0 Å². The summed E-state index contributed by atoms with van der Waals surface area (Å²) in [6.45, 7) is -1.39. The van der Waals surface area contributed by atoms with E-state index in [1.54, 1.807) is 12.1 Å². The Hall–Kier alpha value is -2.97. The Kier molecular flexibility index (Phi) is 4.04. The zero-order valence-electron chi connectivity index (χ0n) is 13.2. The molecule has 2 aromatic heterocycles. The predicted molar refractivity (Wildman–Crippen MR) is 84.2 cm³/mol. The maximum Gasteiger partial charge on any atom is 0.387 e. The highest BCUT2D eigenvalue weighted by molar-refractivity contribution is 5.56. The molecule has 3 aromatic rings. The van der Waals surface area contributed by atoms with Gasteiger partial charge >= 0.3 is 12.6 Å². The number of aryl methyl sites for hydroxylation is 1. The smallest absolute Gasteiger partial charge is 0.387 e. The number of hydrogen-bond donors (Lipinski definition) is 1. The lowest BCUT2D eigenvalue weighted by Gasteiger charge is -2.04. The average Bonchev–Trinajstić information content (AvgIpc) is 3.30. The highest BCUT2D eigenvalue weighted by Gasteiger charge is 2.17. The van der Waals surface area contributed by atoms with Crippen LogP contribution in [0.5, 0.6) is 5.75 Å². The van der Waals surface area contributed by atoms with Gasteiger partial charge in [0.25, 0.3) is 0 Å². The van der Waals surface area contributed by atoms with E-state index >= 15 is 0 Å². The number of alkyl halides is 2. The average molecular weight is 347 g/mol. The second kappa shape index (κ2) is 6.50. The number of rotatable bonds is 6. The van der Waals surface area contributed by atoms with Crippen molar-refractivity contribution in [1.29, 1.82) is 0 Å². The van der Waals surface area contributed by atoms with E-state index in [1.807, 2.05) is 10.9 Å². The van der Waals surface area contributed by atoms with Crippen molar-refractivity contribution in [3.63, 3.8) is 0 Å². The number of ether oxygens (including phenoxy) is 1. The molecule has 0 atom stereocenters. The summed E-state index contributed by atoms with van der Waals surface area (Å²) < 4.78 is 36.5. The van der Waals surface area contributed by atoms with E-state index in [4.69, 9.17) is 4.42 Å². The van der Waals surface area contributed by atoms with Gasteiger partial charge in [-0.05, 0) is 31.0 Å². The number of fused-ring (bicyclic) bond motifs is 1. The summed E-state index contributed by atoms with van der Waals surface area (Å²) in [5.74, 6) is 0.262. The van der Waals surface area contributed by atoms with E-state index in [1.165, 1.54) is 17.8 Å². The minimum Gasteiger partial charge on any atom is -0.435 e. The molecule has 25 heavy (non-hydrogen) atoms. The second-order valence-corrected chi connectivity index (χ2v) is 5.62. The summed E-state index contributed by atoms with van der Waals surface area (Å²) >= 11 is 0. The van der Waals surface area contributed by atoms with Crippen LogP contribution >= 0.6 is 0 Å². The number of aromatic nitrogens is 4. The van der Waals surface area contributed by atoms with Gasteiger partial charge in [-0.3, -0.25) is 4.68 Å². The first-order chi connectivity index (χ1) is 12.2. The van der Waals surface area contributed by atoms with Crippen LogP contribution in [0.1, 0.15) is 17.7 Å². The minimum absolute atomic E-state index is 0.0376. The monoisotopic (exact) mass is 347 g/mol. The summed E-state index contributed by atoms with van der Waals surface area (Å²) in [5.41, 5.74) is 2.83. The Morgan fingerprint density at radius 1 is 1.32 bits per heavy atom. The van der Waals surface area contributed by atoms with Crippen LogP contribution in [0.4, 0.5) is 14.8 Å². The Bertz CT molecular complexity index is 877. The molecule has 1 aliphatic rings. The van der Waals surface area contributed by atoms with E-state index in [0.29, 0.717) is 12.1 Å². The van der Waals surface area contributed by atoms with E-state index in [2.05, 4.69) is 25.3 Å². The van der Waals surface area contributed by atoms with Crippen molar-refractivity contribution in [3.05, 3.63) is 41.7 Å². The molecule has 0 fully saturated rings. The predicted octanol–water partition coefficient (Wildman–Crippen LogP) is 3.09. The van der Waals surface area contributed by atoms with E-state index in [0.717, 1.165) is 24.9 Å². The Labute approximate surface area is 141 Å². The summed E-state index contributed by atoms with van der Waals surface area (Å²) in [7, 11) is 0. The highest BCUT2D eigenvalue weighted by atomic mass is 19.3. The van der Waals surface area contributed by atoms with Gasteiger partial charge in [-0.1, -0.05) is 11.2 Å². The number of nitrogens with one attached hydrogen (secondary N) is 1. The first kappa shape index (κ1) is 15.6. The third-order valence-electron chi connectivity index (χ3n) is 3.98. The second-order valence-electron chi connectivity index (χ2n) is 5.62. The maximum atomic E-state index is 12.3. The first-order valence-corrected chi connectivity index (χ1v) is 7.85. The Morgan fingerprint density at radius 3 is 3.12 bits per heavy atom. The van der Waals surface area contributed by atoms with Crippen LogP contribution in [0, 0.1) is 0 Å². The van der Waals surface area contributed by atoms with Gasteiger partial charge in [0.2, 0.25) is 5.89 Å². The molecule has 1 aliphatic heterocycles.